The zero-order chi connectivity index (χ0) is 17.4. The molecule has 2 aromatic rings. The fourth-order valence-electron chi connectivity index (χ4n) is 2.08. The van der Waals surface area contributed by atoms with Gasteiger partial charge in [0.1, 0.15) is 11.4 Å². The summed E-state index contributed by atoms with van der Waals surface area (Å²) < 4.78 is 10.3. The Morgan fingerprint density at radius 2 is 1.71 bits per heavy atom. The van der Waals surface area contributed by atoms with Crippen molar-refractivity contribution >= 4 is 18.0 Å². The number of carbonyl (C=O) groups excluding carboxylic acids is 2. The molecular formula is C19H19NO4. The molecule has 0 aliphatic rings. The van der Waals surface area contributed by atoms with Crippen LogP contribution in [0.4, 0.5) is 0 Å². The monoisotopic (exact) mass is 325 g/mol. The van der Waals surface area contributed by atoms with Gasteiger partial charge in [-0.2, -0.15) is 0 Å². The van der Waals surface area contributed by atoms with Crippen LogP contribution < -0.4 is 10.1 Å². The predicted molar refractivity (Wildman–Crippen MR) is 91.5 cm³/mol. The van der Waals surface area contributed by atoms with Crippen LogP contribution in [0.15, 0.2) is 60.3 Å². The summed E-state index contributed by atoms with van der Waals surface area (Å²) in [6, 6.07) is 15.9. The van der Waals surface area contributed by atoms with Crippen LogP contribution in [-0.2, 0) is 9.53 Å². The number of ether oxygens (including phenoxy) is 2. The van der Waals surface area contributed by atoms with Gasteiger partial charge < -0.3 is 14.8 Å². The average Bonchev–Trinajstić information content (AvgIpc) is 2.63. The van der Waals surface area contributed by atoms with E-state index in [9.17, 15) is 9.59 Å². The van der Waals surface area contributed by atoms with Crippen molar-refractivity contribution in [3.63, 3.8) is 0 Å². The second-order valence-corrected chi connectivity index (χ2v) is 4.84. The van der Waals surface area contributed by atoms with Gasteiger partial charge in [0, 0.05) is 11.1 Å². The summed E-state index contributed by atoms with van der Waals surface area (Å²) in [6.45, 7) is 2.37. The van der Waals surface area contributed by atoms with Gasteiger partial charge in [-0.1, -0.05) is 36.4 Å². The number of methoxy groups -OCH3 is 1. The molecule has 0 saturated carbocycles. The van der Waals surface area contributed by atoms with Gasteiger partial charge >= 0.3 is 5.97 Å². The number of benzene rings is 2. The molecule has 0 unspecified atom stereocenters. The van der Waals surface area contributed by atoms with Crippen LogP contribution in [0.2, 0.25) is 0 Å². The molecule has 0 aliphatic heterocycles. The van der Waals surface area contributed by atoms with E-state index in [1.807, 2.05) is 25.1 Å². The molecule has 24 heavy (non-hydrogen) atoms. The summed E-state index contributed by atoms with van der Waals surface area (Å²) >= 11 is 0. The van der Waals surface area contributed by atoms with E-state index in [0.717, 1.165) is 0 Å². The van der Waals surface area contributed by atoms with Gasteiger partial charge in [0.2, 0.25) is 0 Å². The lowest BCUT2D eigenvalue weighted by molar-refractivity contribution is -0.136. The third-order valence-electron chi connectivity index (χ3n) is 3.21. The number of para-hydroxylation sites is 1. The fraction of sp³-hybridized carbons (Fsp3) is 0.158. The highest BCUT2D eigenvalue weighted by molar-refractivity contribution is 6.03. The highest BCUT2D eigenvalue weighted by atomic mass is 16.5. The molecule has 5 nitrogen and oxygen atoms in total. The van der Waals surface area contributed by atoms with Crippen molar-refractivity contribution in [2.45, 2.75) is 6.92 Å². The molecule has 1 amide bonds. The predicted octanol–water partition coefficient (Wildman–Crippen LogP) is 3.03. The summed E-state index contributed by atoms with van der Waals surface area (Å²) in [5.74, 6) is -0.401. The second kappa shape index (κ2) is 8.53. The zero-order valence-electron chi connectivity index (χ0n) is 13.6. The maximum atomic E-state index is 12.3. The highest BCUT2D eigenvalue weighted by Gasteiger charge is 2.15. The summed E-state index contributed by atoms with van der Waals surface area (Å²) in [5.41, 5.74) is 1.16. The van der Waals surface area contributed by atoms with Crippen LogP contribution in [-0.4, -0.2) is 25.6 Å². The Labute approximate surface area is 140 Å². The van der Waals surface area contributed by atoms with Gasteiger partial charge in [-0.15, -0.1) is 0 Å². The average molecular weight is 325 g/mol. The van der Waals surface area contributed by atoms with Gasteiger partial charge in [-0.05, 0) is 31.2 Å². The van der Waals surface area contributed by atoms with E-state index in [2.05, 4.69) is 5.32 Å². The van der Waals surface area contributed by atoms with E-state index < -0.39 is 5.97 Å². The molecular weight excluding hydrogens is 306 g/mol. The van der Waals surface area contributed by atoms with E-state index in [-0.39, 0.29) is 11.6 Å². The summed E-state index contributed by atoms with van der Waals surface area (Å²) in [7, 11) is 1.26. The SMILES string of the molecule is CCOc1ccccc1/C=C(\NC(=O)c1ccccc1)C(=O)OC. The molecule has 1 N–H and O–H groups in total. The fourth-order valence-corrected chi connectivity index (χ4v) is 2.08. The topological polar surface area (TPSA) is 64.6 Å². The van der Waals surface area contributed by atoms with Crippen LogP contribution in [0.3, 0.4) is 0 Å². The number of carbonyl (C=O) groups is 2. The summed E-state index contributed by atoms with van der Waals surface area (Å²) in [6.07, 6.45) is 1.54. The van der Waals surface area contributed by atoms with Crippen molar-refractivity contribution in [1.82, 2.24) is 5.32 Å². The molecule has 2 rings (SSSR count). The molecule has 0 fully saturated rings. The maximum Gasteiger partial charge on any atom is 0.354 e. The second-order valence-electron chi connectivity index (χ2n) is 4.84. The molecule has 0 spiro atoms. The van der Waals surface area contributed by atoms with Gasteiger partial charge in [0.15, 0.2) is 0 Å². The maximum absolute atomic E-state index is 12.3. The van der Waals surface area contributed by atoms with E-state index in [1.165, 1.54) is 13.2 Å². The molecule has 5 heteroatoms. The van der Waals surface area contributed by atoms with Gasteiger partial charge in [-0.25, -0.2) is 4.79 Å². The van der Waals surface area contributed by atoms with Crippen LogP contribution in [0, 0.1) is 0 Å². The van der Waals surface area contributed by atoms with Gasteiger partial charge in [0.25, 0.3) is 5.91 Å². The number of hydrogen-bond acceptors (Lipinski definition) is 4. The van der Waals surface area contributed by atoms with Gasteiger partial charge in [0.05, 0.1) is 13.7 Å². The van der Waals surface area contributed by atoms with Crippen LogP contribution >= 0.6 is 0 Å². The Bertz CT molecular complexity index is 738. The first kappa shape index (κ1) is 17.3. The summed E-state index contributed by atoms with van der Waals surface area (Å²) in [4.78, 5) is 24.3. The first-order valence-corrected chi connectivity index (χ1v) is 7.54. The largest absolute Gasteiger partial charge is 0.493 e. The molecule has 124 valence electrons. The molecule has 0 radical (unpaired) electrons. The van der Waals surface area contributed by atoms with E-state index >= 15 is 0 Å². The summed E-state index contributed by atoms with van der Waals surface area (Å²) in [5, 5.41) is 2.59. The standard InChI is InChI=1S/C19H19NO4/c1-3-24-17-12-8-7-11-15(17)13-16(19(22)23-2)20-18(21)14-9-5-4-6-10-14/h4-13H,3H2,1-2H3,(H,20,21)/b16-13-. The Morgan fingerprint density at radius 3 is 2.38 bits per heavy atom. The first-order chi connectivity index (χ1) is 11.7. The van der Waals surface area contributed by atoms with Crippen molar-refractivity contribution in [2.75, 3.05) is 13.7 Å². The Balaban J connectivity index is 2.32. The minimum atomic E-state index is -0.634. The first-order valence-electron chi connectivity index (χ1n) is 7.54. The number of amides is 1. The highest BCUT2D eigenvalue weighted by Crippen LogP contribution is 2.21. The molecule has 0 saturated heterocycles. The minimum Gasteiger partial charge on any atom is -0.493 e. The van der Waals surface area contributed by atoms with E-state index in [4.69, 9.17) is 9.47 Å². The van der Waals surface area contributed by atoms with Crippen molar-refractivity contribution in [3.8, 4) is 5.75 Å². The molecule has 0 bridgehead atoms. The van der Waals surface area contributed by atoms with Crippen LogP contribution in [0.1, 0.15) is 22.8 Å². The minimum absolute atomic E-state index is 0.0403. The number of hydrogen-bond donors (Lipinski definition) is 1. The van der Waals surface area contributed by atoms with Crippen molar-refractivity contribution in [1.29, 1.82) is 0 Å². The normalized spacial score (nSPS) is 10.8. The molecule has 0 aliphatic carbocycles. The molecule has 0 atom stereocenters. The molecule has 2 aromatic carbocycles. The van der Waals surface area contributed by atoms with Crippen LogP contribution in [0.25, 0.3) is 6.08 Å². The Hall–Kier alpha value is -3.08. The quantitative estimate of drug-likeness (QED) is 0.655. The zero-order valence-corrected chi connectivity index (χ0v) is 13.6. The van der Waals surface area contributed by atoms with E-state index in [1.54, 1.807) is 36.4 Å². The molecule has 0 heterocycles. The third-order valence-corrected chi connectivity index (χ3v) is 3.21. The lowest BCUT2D eigenvalue weighted by Gasteiger charge is -2.11. The smallest absolute Gasteiger partial charge is 0.354 e. The van der Waals surface area contributed by atoms with Gasteiger partial charge in [-0.3, -0.25) is 4.79 Å². The Morgan fingerprint density at radius 1 is 1.04 bits per heavy atom. The Kier molecular flexibility index (Phi) is 6.14. The lowest BCUT2D eigenvalue weighted by atomic mass is 10.1. The number of nitrogens with one attached hydrogen (secondary N) is 1. The van der Waals surface area contributed by atoms with E-state index in [0.29, 0.717) is 23.5 Å². The number of esters is 1. The number of rotatable bonds is 6. The third kappa shape index (κ3) is 4.46. The van der Waals surface area contributed by atoms with Crippen molar-refractivity contribution < 1.29 is 19.1 Å². The van der Waals surface area contributed by atoms with Crippen molar-refractivity contribution in [3.05, 3.63) is 71.4 Å². The lowest BCUT2D eigenvalue weighted by Crippen LogP contribution is -2.28. The molecule has 0 aromatic heterocycles. The van der Waals surface area contributed by atoms with Crippen LogP contribution in [0.5, 0.6) is 5.75 Å². The van der Waals surface area contributed by atoms with Crippen molar-refractivity contribution in [2.24, 2.45) is 0 Å².